The minimum Gasteiger partial charge on any atom is -0.305 e. The van der Waals surface area contributed by atoms with Gasteiger partial charge in [0.25, 0.3) is 0 Å². The van der Waals surface area contributed by atoms with Crippen molar-refractivity contribution >= 4 is 11.3 Å². The average molecular weight is 267 g/mol. The summed E-state index contributed by atoms with van der Waals surface area (Å²) < 4.78 is 0. The zero-order valence-electron chi connectivity index (χ0n) is 11.6. The fourth-order valence-electron chi connectivity index (χ4n) is 2.69. The summed E-state index contributed by atoms with van der Waals surface area (Å²) in [6.45, 7) is 8.27. The quantitative estimate of drug-likeness (QED) is 0.858. The van der Waals surface area contributed by atoms with E-state index in [1.165, 1.54) is 43.9 Å². The number of nitrogens with one attached hydrogen (secondary N) is 1. The molecule has 1 aromatic heterocycles. The first kappa shape index (κ1) is 14.0. The van der Waals surface area contributed by atoms with Crippen LogP contribution in [0, 0.1) is 0 Å². The van der Waals surface area contributed by atoms with Gasteiger partial charge >= 0.3 is 0 Å². The molecule has 0 aromatic carbocycles. The molecule has 4 heteroatoms. The first-order valence-electron chi connectivity index (χ1n) is 7.21. The number of hydrogen-bond acceptors (Lipinski definition) is 4. The Morgan fingerprint density at radius 2 is 2.22 bits per heavy atom. The van der Waals surface area contributed by atoms with Gasteiger partial charge < -0.3 is 10.2 Å². The Morgan fingerprint density at radius 3 is 2.78 bits per heavy atom. The van der Waals surface area contributed by atoms with Gasteiger partial charge in [0.05, 0.1) is 6.04 Å². The number of rotatable bonds is 6. The first-order chi connectivity index (χ1) is 8.83. The molecule has 0 aliphatic carbocycles. The van der Waals surface area contributed by atoms with E-state index in [2.05, 4.69) is 34.4 Å². The van der Waals surface area contributed by atoms with Crippen LogP contribution in [0.3, 0.4) is 0 Å². The minimum atomic E-state index is 0.452. The zero-order valence-corrected chi connectivity index (χ0v) is 12.4. The maximum Gasteiger partial charge on any atom is 0.109 e. The van der Waals surface area contributed by atoms with Gasteiger partial charge in [-0.1, -0.05) is 13.8 Å². The number of hydrogen-bond donors (Lipinski definition) is 1. The van der Waals surface area contributed by atoms with Crippen LogP contribution in [0.4, 0.5) is 0 Å². The lowest BCUT2D eigenvalue weighted by Crippen LogP contribution is -2.43. The summed E-state index contributed by atoms with van der Waals surface area (Å²) in [6.07, 6.45) is 6.87. The van der Waals surface area contributed by atoms with Crippen molar-refractivity contribution in [2.75, 3.05) is 19.6 Å². The highest BCUT2D eigenvalue weighted by Crippen LogP contribution is 2.22. The molecule has 0 amide bonds. The van der Waals surface area contributed by atoms with E-state index < -0.39 is 0 Å². The third-order valence-electron chi connectivity index (χ3n) is 3.72. The standard InChI is InChI=1S/C14H25N3S/c1-3-8-17-9-5-12(6-10-17)16-13(4-2)14-15-7-11-18-14/h7,11-13,16H,3-6,8-10H2,1-2H3. The Hall–Kier alpha value is -0.450. The highest BCUT2D eigenvalue weighted by atomic mass is 32.1. The monoisotopic (exact) mass is 267 g/mol. The van der Waals surface area contributed by atoms with Gasteiger partial charge in [-0.15, -0.1) is 11.3 Å². The van der Waals surface area contributed by atoms with Crippen LogP contribution in [0.5, 0.6) is 0 Å². The van der Waals surface area contributed by atoms with Crippen LogP contribution in [-0.2, 0) is 0 Å². The lowest BCUT2D eigenvalue weighted by Gasteiger charge is -2.33. The fourth-order valence-corrected chi connectivity index (χ4v) is 3.48. The number of likely N-dealkylation sites (tertiary alicyclic amines) is 1. The van der Waals surface area contributed by atoms with Gasteiger partial charge in [0.2, 0.25) is 0 Å². The molecule has 102 valence electrons. The van der Waals surface area contributed by atoms with Crippen LogP contribution in [-0.4, -0.2) is 35.6 Å². The summed E-state index contributed by atoms with van der Waals surface area (Å²) in [5.74, 6) is 0. The van der Waals surface area contributed by atoms with Crippen molar-refractivity contribution in [1.29, 1.82) is 0 Å². The second kappa shape index (κ2) is 7.22. The summed E-state index contributed by atoms with van der Waals surface area (Å²) in [5, 5.41) is 7.11. The van der Waals surface area contributed by atoms with E-state index in [-0.39, 0.29) is 0 Å². The molecule has 1 aliphatic rings. The lowest BCUT2D eigenvalue weighted by atomic mass is 10.0. The van der Waals surface area contributed by atoms with Gasteiger partial charge in [-0.05, 0) is 45.3 Å². The van der Waals surface area contributed by atoms with Crippen LogP contribution in [0.1, 0.15) is 50.6 Å². The van der Waals surface area contributed by atoms with E-state index in [0.29, 0.717) is 12.1 Å². The molecule has 1 fully saturated rings. The molecule has 0 spiro atoms. The SMILES string of the molecule is CCCN1CCC(NC(CC)c2nccs2)CC1. The number of aromatic nitrogens is 1. The van der Waals surface area contributed by atoms with Gasteiger partial charge in [-0.25, -0.2) is 4.98 Å². The number of thiazole rings is 1. The molecule has 18 heavy (non-hydrogen) atoms. The van der Waals surface area contributed by atoms with E-state index >= 15 is 0 Å². The molecule has 1 aliphatic heterocycles. The molecule has 1 saturated heterocycles. The zero-order chi connectivity index (χ0) is 12.8. The maximum atomic E-state index is 4.44. The van der Waals surface area contributed by atoms with Crippen LogP contribution in [0.2, 0.25) is 0 Å². The molecule has 1 unspecified atom stereocenters. The summed E-state index contributed by atoms with van der Waals surface area (Å²) in [6, 6.07) is 1.12. The summed E-state index contributed by atoms with van der Waals surface area (Å²) in [4.78, 5) is 7.03. The Bertz CT molecular complexity index is 318. The molecular weight excluding hydrogens is 242 g/mol. The largest absolute Gasteiger partial charge is 0.305 e. The predicted octanol–water partition coefficient (Wildman–Crippen LogP) is 3.06. The molecule has 0 radical (unpaired) electrons. The number of piperidine rings is 1. The summed E-state index contributed by atoms with van der Waals surface area (Å²) >= 11 is 1.77. The fraction of sp³-hybridized carbons (Fsp3) is 0.786. The van der Waals surface area contributed by atoms with Gasteiger partial charge in [-0.3, -0.25) is 0 Å². The topological polar surface area (TPSA) is 28.2 Å². The molecule has 2 heterocycles. The van der Waals surface area contributed by atoms with Gasteiger partial charge in [0.15, 0.2) is 0 Å². The van der Waals surface area contributed by atoms with E-state index in [0.717, 1.165) is 6.42 Å². The smallest absolute Gasteiger partial charge is 0.109 e. The first-order valence-corrected chi connectivity index (χ1v) is 8.09. The van der Waals surface area contributed by atoms with Crippen molar-refractivity contribution in [3.8, 4) is 0 Å². The van der Waals surface area contributed by atoms with Crippen molar-refractivity contribution in [3.05, 3.63) is 16.6 Å². The average Bonchev–Trinajstić information content (AvgIpc) is 2.92. The molecular formula is C14H25N3S. The third kappa shape index (κ3) is 3.77. The van der Waals surface area contributed by atoms with Crippen molar-refractivity contribution in [3.63, 3.8) is 0 Å². The van der Waals surface area contributed by atoms with Crippen LogP contribution in [0.15, 0.2) is 11.6 Å². The molecule has 3 nitrogen and oxygen atoms in total. The molecule has 2 rings (SSSR count). The van der Waals surface area contributed by atoms with E-state index in [4.69, 9.17) is 0 Å². The minimum absolute atomic E-state index is 0.452. The third-order valence-corrected chi connectivity index (χ3v) is 4.61. The summed E-state index contributed by atoms with van der Waals surface area (Å²) in [5.41, 5.74) is 0. The van der Waals surface area contributed by atoms with Crippen LogP contribution in [0.25, 0.3) is 0 Å². The van der Waals surface area contributed by atoms with Crippen molar-refractivity contribution in [2.24, 2.45) is 0 Å². The van der Waals surface area contributed by atoms with E-state index in [1.807, 2.05) is 6.20 Å². The molecule has 1 atom stereocenters. The Labute approximate surface area is 115 Å². The molecule has 1 aromatic rings. The molecule has 1 N–H and O–H groups in total. The molecule has 0 bridgehead atoms. The predicted molar refractivity (Wildman–Crippen MR) is 78.0 cm³/mol. The highest BCUT2D eigenvalue weighted by molar-refractivity contribution is 7.09. The second-order valence-corrected chi connectivity index (χ2v) is 6.04. The Kier molecular flexibility index (Phi) is 5.60. The molecule has 0 saturated carbocycles. The normalized spacial score (nSPS) is 20.1. The van der Waals surface area contributed by atoms with Crippen molar-refractivity contribution in [1.82, 2.24) is 15.2 Å². The second-order valence-electron chi connectivity index (χ2n) is 5.11. The highest BCUT2D eigenvalue weighted by Gasteiger charge is 2.22. The Balaban J connectivity index is 1.80. The van der Waals surface area contributed by atoms with E-state index in [9.17, 15) is 0 Å². The Morgan fingerprint density at radius 1 is 1.44 bits per heavy atom. The van der Waals surface area contributed by atoms with Crippen LogP contribution < -0.4 is 5.32 Å². The van der Waals surface area contributed by atoms with Crippen molar-refractivity contribution < 1.29 is 0 Å². The van der Waals surface area contributed by atoms with Gasteiger partial charge in [-0.2, -0.15) is 0 Å². The van der Waals surface area contributed by atoms with Crippen LogP contribution >= 0.6 is 11.3 Å². The van der Waals surface area contributed by atoms with Gasteiger partial charge in [0.1, 0.15) is 5.01 Å². The lowest BCUT2D eigenvalue weighted by molar-refractivity contribution is 0.190. The summed E-state index contributed by atoms with van der Waals surface area (Å²) in [7, 11) is 0. The van der Waals surface area contributed by atoms with Gasteiger partial charge in [0, 0.05) is 17.6 Å². The maximum absolute atomic E-state index is 4.44. The van der Waals surface area contributed by atoms with Crippen molar-refractivity contribution in [2.45, 2.75) is 51.6 Å². The van der Waals surface area contributed by atoms with E-state index in [1.54, 1.807) is 11.3 Å². The number of nitrogens with zero attached hydrogens (tertiary/aromatic N) is 2.